The number of hydrogen-bond donors (Lipinski definition) is 3. The molecule has 0 radical (unpaired) electrons. The van der Waals surface area contributed by atoms with E-state index in [1.54, 1.807) is 32.9 Å². The largest absolute Gasteiger partial charge is 0.465 e. The zero-order chi connectivity index (χ0) is 20.2. The van der Waals surface area contributed by atoms with Crippen LogP contribution in [0.1, 0.15) is 26.5 Å². The van der Waals surface area contributed by atoms with Crippen LogP contribution < -0.4 is 16.2 Å². The van der Waals surface area contributed by atoms with Crippen molar-refractivity contribution in [1.29, 1.82) is 0 Å². The molecule has 142 valence electrons. The number of nitrogens with zero attached hydrogens (tertiary/aromatic N) is 3. The number of aromatic nitrogens is 2. The lowest BCUT2D eigenvalue weighted by Gasteiger charge is -2.31. The number of anilines is 2. The number of rotatable bonds is 3. The summed E-state index contributed by atoms with van der Waals surface area (Å²) in [7, 11) is 0. The highest BCUT2D eigenvalue weighted by Gasteiger charge is 2.24. The van der Waals surface area contributed by atoms with Crippen LogP contribution in [0.2, 0.25) is 5.02 Å². The third-order valence-electron chi connectivity index (χ3n) is 3.52. The number of carbonyl (C=O) groups is 1. The van der Waals surface area contributed by atoms with Crippen LogP contribution in [0.3, 0.4) is 0 Å². The van der Waals surface area contributed by atoms with Gasteiger partial charge in [-0.3, -0.25) is 4.90 Å². The highest BCUT2D eigenvalue weighted by Crippen LogP contribution is 2.30. The third-order valence-corrected chi connectivity index (χ3v) is 3.85. The van der Waals surface area contributed by atoms with Gasteiger partial charge in [0, 0.05) is 11.6 Å². The van der Waals surface area contributed by atoms with Crippen molar-refractivity contribution in [2.75, 3.05) is 18.0 Å². The van der Waals surface area contributed by atoms with Gasteiger partial charge in [0.15, 0.2) is 0 Å². The van der Waals surface area contributed by atoms with E-state index in [-0.39, 0.29) is 23.8 Å². The summed E-state index contributed by atoms with van der Waals surface area (Å²) in [5.74, 6) is 6.05. The molecule has 9 heteroatoms. The molecule has 0 aliphatic carbocycles. The Balaban J connectivity index is 2.22. The van der Waals surface area contributed by atoms with E-state index in [1.165, 1.54) is 17.3 Å². The van der Waals surface area contributed by atoms with Gasteiger partial charge in [-0.25, -0.2) is 9.78 Å². The number of nitrogen functional groups attached to an aromatic ring is 2. The predicted octanol–water partition coefficient (Wildman–Crippen LogP) is 3.22. The minimum Gasteiger partial charge on any atom is -0.465 e. The molecule has 27 heavy (non-hydrogen) atoms. The van der Waals surface area contributed by atoms with Crippen molar-refractivity contribution in [3.63, 3.8) is 0 Å². The Kier molecular flexibility index (Phi) is 5.98. The van der Waals surface area contributed by atoms with Gasteiger partial charge < -0.3 is 21.3 Å². The molecule has 0 saturated carbocycles. The molecule has 1 amide bonds. The molecule has 2 aromatic rings. The predicted molar refractivity (Wildman–Crippen MR) is 104 cm³/mol. The molecule has 0 fully saturated rings. The number of halogens is 1. The van der Waals surface area contributed by atoms with Crippen molar-refractivity contribution in [2.24, 2.45) is 0 Å². The van der Waals surface area contributed by atoms with Crippen molar-refractivity contribution >= 4 is 29.1 Å². The summed E-state index contributed by atoms with van der Waals surface area (Å²) in [6, 6.07) is 4.77. The van der Waals surface area contributed by atoms with Gasteiger partial charge in [0.1, 0.15) is 23.5 Å². The maximum Gasteiger partial charge on any atom is 0.408 e. The first-order valence-electron chi connectivity index (χ1n) is 7.92. The van der Waals surface area contributed by atoms with Crippen LogP contribution in [0, 0.1) is 11.8 Å². The number of amides is 1. The average Bonchev–Trinajstić information content (AvgIpc) is 2.56. The molecule has 0 spiro atoms. The molecular weight excluding hydrogens is 370 g/mol. The zero-order valence-corrected chi connectivity index (χ0v) is 15.9. The maximum absolute atomic E-state index is 11.3. The van der Waals surface area contributed by atoms with Crippen LogP contribution in [-0.4, -0.2) is 38.2 Å². The average molecular weight is 390 g/mol. The fourth-order valence-electron chi connectivity index (χ4n) is 2.04. The highest BCUT2D eigenvalue weighted by atomic mass is 35.5. The van der Waals surface area contributed by atoms with Gasteiger partial charge in [-0.05, 0) is 38.8 Å². The highest BCUT2D eigenvalue weighted by molar-refractivity contribution is 6.33. The summed E-state index contributed by atoms with van der Waals surface area (Å²) in [6.45, 7) is 5.36. The van der Waals surface area contributed by atoms with Crippen LogP contribution in [0.5, 0.6) is 11.6 Å². The molecule has 8 nitrogen and oxygen atoms in total. The van der Waals surface area contributed by atoms with Gasteiger partial charge in [-0.2, -0.15) is 4.98 Å². The fraction of sp³-hybridized carbons (Fsp3) is 0.278. The second-order valence-corrected chi connectivity index (χ2v) is 6.98. The molecule has 1 aromatic carbocycles. The summed E-state index contributed by atoms with van der Waals surface area (Å²) >= 11 is 5.97. The van der Waals surface area contributed by atoms with Crippen molar-refractivity contribution in [2.45, 2.75) is 26.3 Å². The zero-order valence-electron chi connectivity index (χ0n) is 15.2. The SMILES string of the molecule is CC(C)(C)N(CC#Cc1ncnc(Oc2ccc(N)c(Cl)c2)c1N)C(=O)O. The van der Waals surface area contributed by atoms with Gasteiger partial charge in [-0.15, -0.1) is 0 Å². The Hall–Kier alpha value is -3.18. The Bertz CT molecular complexity index is 915. The summed E-state index contributed by atoms with van der Waals surface area (Å²) in [6.07, 6.45) is 0.199. The first-order valence-corrected chi connectivity index (χ1v) is 8.30. The van der Waals surface area contributed by atoms with E-state index in [1.807, 2.05) is 0 Å². The van der Waals surface area contributed by atoms with Gasteiger partial charge in [0.25, 0.3) is 0 Å². The molecule has 0 aliphatic heterocycles. The first kappa shape index (κ1) is 20.1. The lowest BCUT2D eigenvalue weighted by molar-refractivity contribution is 0.110. The molecule has 0 saturated heterocycles. The maximum atomic E-state index is 11.3. The molecule has 1 aromatic heterocycles. The number of hydrogen-bond acceptors (Lipinski definition) is 6. The van der Waals surface area contributed by atoms with E-state index >= 15 is 0 Å². The quantitative estimate of drug-likeness (QED) is 0.543. The normalized spacial score (nSPS) is 10.7. The Labute approximate surface area is 162 Å². The lowest BCUT2D eigenvalue weighted by Crippen LogP contribution is -2.45. The Morgan fingerprint density at radius 1 is 1.33 bits per heavy atom. The molecule has 0 unspecified atom stereocenters. The first-order chi connectivity index (χ1) is 12.6. The van der Waals surface area contributed by atoms with Crippen LogP contribution in [0.15, 0.2) is 24.5 Å². The minimum atomic E-state index is -1.06. The number of ether oxygens (including phenoxy) is 1. The molecule has 0 aliphatic rings. The second-order valence-electron chi connectivity index (χ2n) is 6.57. The van der Waals surface area contributed by atoms with Crippen molar-refractivity contribution in [3.8, 4) is 23.5 Å². The summed E-state index contributed by atoms with van der Waals surface area (Å²) in [5.41, 5.74) is 11.9. The monoisotopic (exact) mass is 389 g/mol. The molecule has 0 bridgehead atoms. The van der Waals surface area contributed by atoms with Gasteiger partial charge >= 0.3 is 6.09 Å². The number of benzene rings is 1. The summed E-state index contributed by atoms with van der Waals surface area (Å²) in [4.78, 5) is 20.6. The number of nitrogens with two attached hydrogens (primary N) is 2. The molecule has 5 N–H and O–H groups in total. The Morgan fingerprint density at radius 2 is 2.04 bits per heavy atom. The van der Waals surface area contributed by atoms with E-state index in [0.717, 1.165) is 0 Å². The second kappa shape index (κ2) is 8.01. The molecule has 1 heterocycles. The smallest absolute Gasteiger partial charge is 0.408 e. The summed E-state index contributed by atoms with van der Waals surface area (Å²) < 4.78 is 5.62. The van der Waals surface area contributed by atoms with Crippen LogP contribution in [-0.2, 0) is 0 Å². The lowest BCUT2D eigenvalue weighted by atomic mass is 10.1. The van der Waals surface area contributed by atoms with Gasteiger partial charge in [-0.1, -0.05) is 17.5 Å². The third kappa shape index (κ3) is 5.15. The summed E-state index contributed by atoms with van der Waals surface area (Å²) in [5, 5.41) is 9.62. The molecule has 2 rings (SSSR count). The van der Waals surface area contributed by atoms with Crippen LogP contribution in [0.25, 0.3) is 0 Å². The van der Waals surface area contributed by atoms with Gasteiger partial charge in [0.05, 0.1) is 17.3 Å². The van der Waals surface area contributed by atoms with E-state index in [4.69, 9.17) is 27.8 Å². The van der Waals surface area contributed by atoms with E-state index in [9.17, 15) is 9.90 Å². The molecular formula is C18H20ClN5O3. The van der Waals surface area contributed by atoms with E-state index in [0.29, 0.717) is 16.5 Å². The standard InChI is InChI=1S/C18H20ClN5O3/c1-18(2,3)24(17(25)26)8-4-5-14-15(21)16(23-10-22-14)27-11-6-7-13(20)12(19)9-11/h6-7,9-10H,8,20-21H2,1-3H3,(H,25,26). The topological polar surface area (TPSA) is 128 Å². The minimum absolute atomic E-state index is 0.00599. The van der Waals surface area contributed by atoms with Gasteiger partial charge in [0.2, 0.25) is 5.88 Å². The molecule has 0 atom stereocenters. The van der Waals surface area contributed by atoms with Crippen molar-refractivity contribution < 1.29 is 14.6 Å². The fourth-order valence-corrected chi connectivity index (χ4v) is 2.21. The van der Waals surface area contributed by atoms with E-state index < -0.39 is 11.6 Å². The van der Waals surface area contributed by atoms with E-state index in [2.05, 4.69) is 21.8 Å². The Morgan fingerprint density at radius 3 is 2.63 bits per heavy atom. The van der Waals surface area contributed by atoms with Crippen molar-refractivity contribution in [3.05, 3.63) is 35.2 Å². The van der Waals surface area contributed by atoms with Crippen LogP contribution in [0.4, 0.5) is 16.2 Å². The van der Waals surface area contributed by atoms with Crippen LogP contribution >= 0.6 is 11.6 Å². The number of carboxylic acid groups (broad SMARTS) is 1. The van der Waals surface area contributed by atoms with Crippen molar-refractivity contribution in [1.82, 2.24) is 14.9 Å².